The average molecular weight is 472 g/mol. The van der Waals surface area contributed by atoms with Crippen LogP contribution in [0.5, 0.6) is 5.75 Å². The number of aliphatic imine (C=N–C) groups is 1. The van der Waals surface area contributed by atoms with Crippen molar-refractivity contribution in [2.75, 3.05) is 6.61 Å². The number of hydrogen-bond donors (Lipinski definition) is 1. The zero-order valence-electron chi connectivity index (χ0n) is 19.3. The maximum absolute atomic E-state index is 12.8. The van der Waals surface area contributed by atoms with E-state index in [2.05, 4.69) is 14.7 Å². The maximum Gasteiger partial charge on any atom is 0.283 e. The van der Waals surface area contributed by atoms with Crippen molar-refractivity contribution in [3.63, 3.8) is 0 Å². The monoisotopic (exact) mass is 471 g/mol. The molecule has 1 N–H and O–H groups in total. The van der Waals surface area contributed by atoms with Crippen LogP contribution < -0.4 is 4.74 Å². The van der Waals surface area contributed by atoms with Gasteiger partial charge in [0.2, 0.25) is 5.17 Å². The van der Waals surface area contributed by atoms with E-state index in [1.54, 1.807) is 6.08 Å². The fourth-order valence-corrected chi connectivity index (χ4v) is 4.83. The molecule has 3 aromatic rings. The summed E-state index contributed by atoms with van der Waals surface area (Å²) >= 11 is 1.35. The number of thioether (sulfide) groups is 1. The minimum Gasteiger partial charge on any atom is -0.492 e. The van der Waals surface area contributed by atoms with Crippen molar-refractivity contribution in [1.29, 1.82) is 5.41 Å². The van der Waals surface area contributed by atoms with Crippen LogP contribution in [0.15, 0.2) is 70.4 Å². The third-order valence-corrected chi connectivity index (χ3v) is 6.88. The summed E-state index contributed by atoms with van der Waals surface area (Å²) in [6.07, 6.45) is 3.75. The Kier molecular flexibility index (Phi) is 5.83. The van der Waals surface area contributed by atoms with Crippen LogP contribution in [-0.2, 0) is 11.3 Å². The molecule has 0 bridgehead atoms. The standard InChI is InChI=1S/C26H25N5O2S/c1-16(2)25-29-31-23(27)21(24(32)28-26(31)34-25)14-18-15-30(22-10-5-4-9-20(18)22)11-12-33-19-8-6-7-17(3)13-19/h4-10,13-16,27H,11-12H2,1-3H3. The highest BCUT2D eigenvalue weighted by Crippen LogP contribution is 2.32. The van der Waals surface area contributed by atoms with Crippen LogP contribution in [0.1, 0.15) is 25.0 Å². The summed E-state index contributed by atoms with van der Waals surface area (Å²) in [5.41, 5.74) is 3.29. The summed E-state index contributed by atoms with van der Waals surface area (Å²) in [5, 5.41) is 16.9. The van der Waals surface area contributed by atoms with Crippen molar-refractivity contribution in [3.8, 4) is 5.75 Å². The number of carbonyl (C=O) groups excluding carboxylic acids is 1. The van der Waals surface area contributed by atoms with Gasteiger partial charge in [-0.1, -0.05) is 44.2 Å². The van der Waals surface area contributed by atoms with Crippen molar-refractivity contribution in [2.24, 2.45) is 16.0 Å². The van der Waals surface area contributed by atoms with Crippen molar-refractivity contribution in [1.82, 2.24) is 9.58 Å². The van der Waals surface area contributed by atoms with E-state index in [0.29, 0.717) is 18.3 Å². The first-order chi connectivity index (χ1) is 16.4. The maximum atomic E-state index is 12.8. The Labute approximate surface area is 202 Å². The highest BCUT2D eigenvalue weighted by atomic mass is 32.2. The first kappa shape index (κ1) is 22.2. The molecule has 0 saturated carbocycles. The van der Waals surface area contributed by atoms with E-state index >= 15 is 0 Å². The van der Waals surface area contributed by atoms with Gasteiger partial charge >= 0.3 is 0 Å². The molecule has 0 aliphatic carbocycles. The highest BCUT2D eigenvalue weighted by Gasteiger charge is 2.36. The van der Waals surface area contributed by atoms with Crippen molar-refractivity contribution < 1.29 is 9.53 Å². The van der Waals surface area contributed by atoms with Crippen LogP contribution in [0.2, 0.25) is 0 Å². The number of aryl methyl sites for hydroxylation is 1. The number of amidine groups is 2. The molecule has 2 aliphatic rings. The number of benzene rings is 2. The Bertz CT molecular complexity index is 1400. The predicted octanol–water partition coefficient (Wildman–Crippen LogP) is 5.30. The molecule has 172 valence electrons. The number of rotatable bonds is 6. The van der Waals surface area contributed by atoms with E-state index < -0.39 is 5.91 Å². The highest BCUT2D eigenvalue weighted by molar-refractivity contribution is 8.27. The lowest BCUT2D eigenvalue weighted by atomic mass is 10.1. The SMILES string of the molecule is Cc1cccc(OCCn2cc(C=C3C(=N)N4N=C(C(C)C)SC4=NC3=O)c3ccccc32)c1. The Morgan fingerprint density at radius 2 is 2.00 bits per heavy atom. The lowest BCUT2D eigenvalue weighted by molar-refractivity contribution is -0.114. The molecule has 3 heterocycles. The second-order valence-corrected chi connectivity index (χ2v) is 9.56. The van der Waals surface area contributed by atoms with Crippen LogP contribution in [0, 0.1) is 18.3 Å². The molecule has 2 aliphatic heterocycles. The number of nitrogens with one attached hydrogen (secondary N) is 1. The fourth-order valence-electron chi connectivity index (χ4n) is 3.94. The third-order valence-electron chi connectivity index (χ3n) is 5.67. The first-order valence-corrected chi connectivity index (χ1v) is 12.0. The molecule has 2 aromatic carbocycles. The molecule has 0 radical (unpaired) electrons. The summed E-state index contributed by atoms with van der Waals surface area (Å²) in [5.74, 6) is 0.688. The van der Waals surface area contributed by atoms with Gasteiger partial charge in [0.25, 0.3) is 5.91 Å². The van der Waals surface area contributed by atoms with Gasteiger partial charge in [-0.2, -0.15) is 15.1 Å². The van der Waals surface area contributed by atoms with Crippen LogP contribution in [-0.4, -0.2) is 38.1 Å². The van der Waals surface area contributed by atoms with Crippen LogP contribution in [0.4, 0.5) is 0 Å². The summed E-state index contributed by atoms with van der Waals surface area (Å²) in [6, 6.07) is 16.0. The van der Waals surface area contributed by atoms with E-state index in [1.807, 2.05) is 75.5 Å². The third kappa shape index (κ3) is 4.17. The quantitative estimate of drug-likeness (QED) is 0.494. The minimum absolute atomic E-state index is 0.0535. The molecular weight excluding hydrogens is 446 g/mol. The first-order valence-electron chi connectivity index (χ1n) is 11.2. The van der Waals surface area contributed by atoms with Crippen molar-refractivity contribution in [3.05, 3.63) is 71.4 Å². The summed E-state index contributed by atoms with van der Waals surface area (Å²) in [7, 11) is 0. The number of ether oxygens (including phenoxy) is 1. The number of amides is 1. The average Bonchev–Trinajstić information content (AvgIpc) is 3.39. The molecule has 0 spiro atoms. The van der Waals surface area contributed by atoms with Gasteiger partial charge in [-0.15, -0.1) is 0 Å². The fraction of sp³-hybridized carbons (Fsp3) is 0.231. The number of hydrazone groups is 1. The Morgan fingerprint density at radius 3 is 2.79 bits per heavy atom. The van der Waals surface area contributed by atoms with E-state index in [0.717, 1.165) is 32.8 Å². The lowest BCUT2D eigenvalue weighted by Gasteiger charge is -2.20. The molecule has 0 fully saturated rings. The molecule has 5 rings (SSSR count). The summed E-state index contributed by atoms with van der Waals surface area (Å²) in [4.78, 5) is 17.0. The molecule has 0 atom stereocenters. The van der Waals surface area contributed by atoms with Gasteiger partial charge < -0.3 is 9.30 Å². The largest absolute Gasteiger partial charge is 0.492 e. The van der Waals surface area contributed by atoms with Crippen LogP contribution in [0.25, 0.3) is 17.0 Å². The van der Waals surface area contributed by atoms with Gasteiger partial charge in [-0.3, -0.25) is 10.2 Å². The van der Waals surface area contributed by atoms with Gasteiger partial charge in [-0.05, 0) is 48.5 Å². The van der Waals surface area contributed by atoms with E-state index in [4.69, 9.17) is 10.1 Å². The molecule has 8 heteroatoms. The number of nitrogens with zero attached hydrogens (tertiary/aromatic N) is 4. The van der Waals surface area contributed by atoms with Gasteiger partial charge in [0.15, 0.2) is 5.84 Å². The van der Waals surface area contributed by atoms with Crippen molar-refractivity contribution >= 4 is 50.7 Å². The Hall–Kier alpha value is -3.65. The summed E-state index contributed by atoms with van der Waals surface area (Å²) in [6.45, 7) is 7.27. The molecule has 7 nitrogen and oxygen atoms in total. The predicted molar refractivity (Wildman–Crippen MR) is 138 cm³/mol. The van der Waals surface area contributed by atoms with Crippen LogP contribution in [0.3, 0.4) is 0 Å². The molecule has 1 aromatic heterocycles. The molecule has 1 amide bonds. The van der Waals surface area contributed by atoms with Gasteiger partial charge in [0, 0.05) is 28.6 Å². The number of para-hydroxylation sites is 1. The van der Waals surface area contributed by atoms with E-state index in [-0.39, 0.29) is 17.3 Å². The molecule has 34 heavy (non-hydrogen) atoms. The Morgan fingerprint density at radius 1 is 1.18 bits per heavy atom. The topological polar surface area (TPSA) is 83.0 Å². The number of carbonyl (C=O) groups is 1. The smallest absolute Gasteiger partial charge is 0.283 e. The molecular formula is C26H25N5O2S. The zero-order chi connectivity index (χ0) is 23.8. The Balaban J connectivity index is 1.43. The zero-order valence-corrected chi connectivity index (χ0v) is 20.1. The number of aromatic nitrogens is 1. The van der Waals surface area contributed by atoms with Crippen molar-refractivity contribution in [2.45, 2.75) is 27.3 Å². The second-order valence-electron chi connectivity index (χ2n) is 8.57. The number of fused-ring (bicyclic) bond motifs is 2. The molecule has 0 unspecified atom stereocenters. The second kappa shape index (κ2) is 8.95. The minimum atomic E-state index is -0.413. The van der Waals surface area contributed by atoms with Gasteiger partial charge in [0.1, 0.15) is 17.4 Å². The van der Waals surface area contributed by atoms with E-state index in [9.17, 15) is 4.79 Å². The van der Waals surface area contributed by atoms with E-state index in [1.165, 1.54) is 16.8 Å². The normalized spacial score (nSPS) is 16.9. The van der Waals surface area contributed by atoms with Crippen LogP contribution >= 0.6 is 11.8 Å². The number of hydrogen-bond acceptors (Lipinski definition) is 5. The van der Waals surface area contributed by atoms with Gasteiger partial charge in [0.05, 0.1) is 12.1 Å². The lowest BCUT2D eigenvalue weighted by Crippen LogP contribution is -2.35. The molecule has 0 saturated heterocycles. The van der Waals surface area contributed by atoms with Gasteiger partial charge in [-0.25, -0.2) is 0 Å². The summed E-state index contributed by atoms with van der Waals surface area (Å²) < 4.78 is 8.06.